The summed E-state index contributed by atoms with van der Waals surface area (Å²) in [6.07, 6.45) is 8.89. The summed E-state index contributed by atoms with van der Waals surface area (Å²) in [6.45, 7) is 3.11. The minimum atomic E-state index is -3.11. The Balaban J connectivity index is 1.48. The summed E-state index contributed by atoms with van der Waals surface area (Å²) in [5, 5.41) is 5.72. The van der Waals surface area contributed by atoms with E-state index in [0.717, 1.165) is 61.2 Å². The summed E-state index contributed by atoms with van der Waals surface area (Å²) in [5.74, 6) is 1.86. The van der Waals surface area contributed by atoms with Crippen LogP contribution < -0.4 is 10.2 Å². The van der Waals surface area contributed by atoms with Gasteiger partial charge in [-0.05, 0) is 51.9 Å². The fourth-order valence-electron chi connectivity index (χ4n) is 4.52. The maximum absolute atomic E-state index is 11.7. The van der Waals surface area contributed by atoms with Gasteiger partial charge >= 0.3 is 0 Å². The Morgan fingerprint density at radius 3 is 2.40 bits per heavy atom. The van der Waals surface area contributed by atoms with E-state index in [4.69, 9.17) is 4.98 Å². The molecule has 0 amide bonds. The molecular formula is C21H32N6O2S. The number of fused-ring (bicyclic) bond motifs is 1. The molecule has 4 heterocycles. The zero-order valence-corrected chi connectivity index (χ0v) is 18.9. The van der Waals surface area contributed by atoms with Crippen molar-refractivity contribution in [1.82, 2.24) is 19.2 Å². The fourth-order valence-corrected chi connectivity index (χ4v) is 5.39. The molecule has 2 aliphatic rings. The second kappa shape index (κ2) is 8.64. The molecule has 0 unspecified atom stereocenters. The van der Waals surface area contributed by atoms with Crippen molar-refractivity contribution in [2.24, 2.45) is 0 Å². The smallest absolute Gasteiger partial charge is 0.211 e. The van der Waals surface area contributed by atoms with Crippen LogP contribution in [-0.2, 0) is 10.0 Å². The van der Waals surface area contributed by atoms with E-state index in [1.54, 1.807) is 4.31 Å². The number of anilines is 2. The van der Waals surface area contributed by atoms with E-state index in [1.165, 1.54) is 6.26 Å². The van der Waals surface area contributed by atoms with Crippen LogP contribution >= 0.6 is 0 Å². The molecule has 2 aliphatic heterocycles. The average molecular weight is 433 g/mol. The van der Waals surface area contributed by atoms with E-state index < -0.39 is 10.0 Å². The molecule has 0 atom stereocenters. The molecule has 0 spiro atoms. The minimum Gasteiger partial charge on any atom is -0.367 e. The van der Waals surface area contributed by atoms with Crippen LogP contribution in [-0.4, -0.2) is 86.2 Å². The van der Waals surface area contributed by atoms with E-state index in [1.807, 2.05) is 18.5 Å². The van der Waals surface area contributed by atoms with Crippen LogP contribution in [0.1, 0.15) is 25.7 Å². The number of nitrogens with one attached hydrogen (secondary N) is 1. The molecular weight excluding hydrogens is 400 g/mol. The number of piperidine rings is 2. The van der Waals surface area contributed by atoms with Crippen LogP contribution in [0.5, 0.6) is 0 Å². The van der Waals surface area contributed by atoms with Gasteiger partial charge in [0.25, 0.3) is 0 Å². The lowest BCUT2D eigenvalue weighted by Gasteiger charge is -2.36. The van der Waals surface area contributed by atoms with Crippen molar-refractivity contribution in [3.05, 3.63) is 24.5 Å². The highest BCUT2D eigenvalue weighted by Crippen LogP contribution is 2.29. The van der Waals surface area contributed by atoms with Gasteiger partial charge in [0.15, 0.2) is 0 Å². The standard InChI is InChI=1S/C21H32N6O2S/c1-25(2)18-7-10-26(11-8-18)21-19-14-20(23-15-16(19)4-9-22-21)24-17-5-12-27(13-6-17)30(3,28)29/h4,9,14-15,17-18H,5-8,10-13H2,1-3H3,(H,23,24). The van der Waals surface area contributed by atoms with Crippen molar-refractivity contribution in [3.8, 4) is 0 Å². The summed E-state index contributed by atoms with van der Waals surface area (Å²) in [5.41, 5.74) is 0. The average Bonchev–Trinajstić information content (AvgIpc) is 2.73. The maximum atomic E-state index is 11.7. The number of aromatic nitrogens is 2. The lowest BCUT2D eigenvalue weighted by atomic mass is 10.0. The van der Waals surface area contributed by atoms with Gasteiger partial charge < -0.3 is 15.1 Å². The molecule has 0 radical (unpaired) electrons. The third-order valence-electron chi connectivity index (χ3n) is 6.40. The van der Waals surface area contributed by atoms with Crippen LogP contribution in [0.25, 0.3) is 10.8 Å². The van der Waals surface area contributed by atoms with Gasteiger partial charge in [0, 0.05) is 61.4 Å². The van der Waals surface area contributed by atoms with E-state index in [0.29, 0.717) is 19.1 Å². The van der Waals surface area contributed by atoms with Gasteiger partial charge in [-0.1, -0.05) is 0 Å². The Labute approximate surface area is 179 Å². The molecule has 2 aromatic heterocycles. The van der Waals surface area contributed by atoms with E-state index in [9.17, 15) is 8.42 Å². The molecule has 2 aromatic rings. The van der Waals surface area contributed by atoms with E-state index in [2.05, 4.69) is 40.3 Å². The number of hydrogen-bond donors (Lipinski definition) is 1. The second-order valence-electron chi connectivity index (χ2n) is 8.69. The van der Waals surface area contributed by atoms with Crippen LogP contribution in [0.4, 0.5) is 11.6 Å². The Hall–Kier alpha value is -1.97. The molecule has 9 heteroatoms. The predicted octanol–water partition coefficient (Wildman–Crippen LogP) is 2.00. The SMILES string of the molecule is CN(C)C1CCN(c2nccc3cnc(NC4CCN(S(C)(=O)=O)CC4)cc23)CC1. The lowest BCUT2D eigenvalue weighted by Crippen LogP contribution is -2.42. The lowest BCUT2D eigenvalue weighted by molar-refractivity contribution is 0.249. The van der Waals surface area contributed by atoms with Crippen LogP contribution in [0.2, 0.25) is 0 Å². The van der Waals surface area contributed by atoms with Gasteiger partial charge in [-0.2, -0.15) is 0 Å². The monoisotopic (exact) mass is 432 g/mol. The van der Waals surface area contributed by atoms with Crippen molar-refractivity contribution in [2.75, 3.05) is 56.7 Å². The molecule has 0 aromatic carbocycles. The minimum absolute atomic E-state index is 0.226. The quantitative estimate of drug-likeness (QED) is 0.774. The summed E-state index contributed by atoms with van der Waals surface area (Å²) in [6, 6.07) is 4.96. The molecule has 2 saturated heterocycles. The van der Waals surface area contributed by atoms with Crippen molar-refractivity contribution < 1.29 is 8.42 Å². The normalized spacial score (nSPS) is 20.2. The summed E-state index contributed by atoms with van der Waals surface area (Å²) >= 11 is 0. The number of nitrogens with zero attached hydrogens (tertiary/aromatic N) is 5. The van der Waals surface area contributed by atoms with Crippen molar-refractivity contribution in [2.45, 2.75) is 37.8 Å². The zero-order chi connectivity index (χ0) is 21.3. The highest BCUT2D eigenvalue weighted by Gasteiger charge is 2.26. The number of sulfonamides is 1. The zero-order valence-electron chi connectivity index (χ0n) is 18.1. The highest BCUT2D eigenvalue weighted by molar-refractivity contribution is 7.88. The molecule has 2 fully saturated rings. The third-order valence-corrected chi connectivity index (χ3v) is 7.70. The van der Waals surface area contributed by atoms with Gasteiger partial charge in [-0.25, -0.2) is 22.7 Å². The Morgan fingerprint density at radius 2 is 1.77 bits per heavy atom. The first kappa shape index (κ1) is 21.3. The van der Waals surface area contributed by atoms with Gasteiger partial charge in [-0.15, -0.1) is 0 Å². The molecule has 0 aliphatic carbocycles. The third kappa shape index (κ3) is 4.68. The molecule has 8 nitrogen and oxygen atoms in total. The molecule has 0 saturated carbocycles. The molecule has 4 rings (SSSR count). The topological polar surface area (TPSA) is 81.7 Å². The molecule has 30 heavy (non-hydrogen) atoms. The second-order valence-corrected chi connectivity index (χ2v) is 10.7. The maximum Gasteiger partial charge on any atom is 0.211 e. The van der Waals surface area contributed by atoms with Crippen LogP contribution in [0, 0.1) is 0 Å². The first-order valence-corrected chi connectivity index (χ1v) is 12.5. The Morgan fingerprint density at radius 1 is 1.07 bits per heavy atom. The van der Waals surface area contributed by atoms with E-state index in [-0.39, 0.29) is 6.04 Å². The predicted molar refractivity (Wildman–Crippen MR) is 122 cm³/mol. The summed E-state index contributed by atoms with van der Waals surface area (Å²) in [4.78, 5) is 14.0. The number of pyridine rings is 2. The highest BCUT2D eigenvalue weighted by atomic mass is 32.2. The fraction of sp³-hybridized carbons (Fsp3) is 0.619. The Kier molecular flexibility index (Phi) is 6.13. The van der Waals surface area contributed by atoms with Crippen molar-refractivity contribution in [3.63, 3.8) is 0 Å². The van der Waals surface area contributed by atoms with Gasteiger partial charge in [0.05, 0.1) is 6.26 Å². The van der Waals surface area contributed by atoms with E-state index >= 15 is 0 Å². The first-order chi connectivity index (χ1) is 14.3. The number of rotatable bonds is 5. The van der Waals surface area contributed by atoms with Gasteiger partial charge in [0.1, 0.15) is 11.6 Å². The first-order valence-electron chi connectivity index (χ1n) is 10.7. The van der Waals surface area contributed by atoms with Crippen molar-refractivity contribution >= 4 is 32.4 Å². The van der Waals surface area contributed by atoms with Crippen molar-refractivity contribution in [1.29, 1.82) is 0 Å². The largest absolute Gasteiger partial charge is 0.367 e. The Bertz CT molecular complexity index is 980. The van der Waals surface area contributed by atoms with Crippen LogP contribution in [0.3, 0.4) is 0 Å². The molecule has 164 valence electrons. The van der Waals surface area contributed by atoms with Gasteiger partial charge in [0.2, 0.25) is 10.0 Å². The van der Waals surface area contributed by atoms with Gasteiger partial charge in [-0.3, -0.25) is 0 Å². The molecule has 1 N–H and O–H groups in total. The number of hydrogen-bond acceptors (Lipinski definition) is 7. The molecule has 0 bridgehead atoms. The summed E-state index contributed by atoms with van der Waals surface area (Å²) in [7, 11) is 1.20. The van der Waals surface area contributed by atoms with Crippen LogP contribution in [0.15, 0.2) is 24.5 Å². The summed E-state index contributed by atoms with van der Waals surface area (Å²) < 4.78 is 25.0.